The molecule has 1 fully saturated rings. The third kappa shape index (κ3) is 5.98. The first-order valence-corrected chi connectivity index (χ1v) is 12.5. The number of halogens is 1. The van der Waals surface area contributed by atoms with Gasteiger partial charge >= 0.3 is 5.97 Å². The van der Waals surface area contributed by atoms with Gasteiger partial charge in [0.05, 0.1) is 24.6 Å². The number of esters is 1. The molecule has 4 rings (SSSR count). The van der Waals surface area contributed by atoms with Gasteiger partial charge in [-0.05, 0) is 48.9 Å². The molecule has 0 saturated heterocycles. The van der Waals surface area contributed by atoms with Gasteiger partial charge in [-0.15, -0.1) is 0 Å². The second kappa shape index (κ2) is 10.7. The van der Waals surface area contributed by atoms with Crippen LogP contribution in [-0.4, -0.2) is 46.3 Å². The van der Waals surface area contributed by atoms with Crippen LogP contribution in [0.2, 0.25) is 0 Å². The van der Waals surface area contributed by atoms with E-state index in [4.69, 9.17) is 4.74 Å². The molecule has 8 nitrogen and oxygen atoms in total. The van der Waals surface area contributed by atoms with Crippen molar-refractivity contribution in [1.29, 1.82) is 0 Å². The fraction of sp³-hybridized carbons (Fsp3) is 0.429. The van der Waals surface area contributed by atoms with Crippen LogP contribution in [0.15, 0.2) is 48.5 Å². The lowest BCUT2D eigenvalue weighted by atomic mass is 9.79. The summed E-state index contributed by atoms with van der Waals surface area (Å²) in [5.41, 5.74) is 1.24. The molecule has 9 heteroatoms. The summed E-state index contributed by atoms with van der Waals surface area (Å²) in [6, 6.07) is 12.5. The quantitative estimate of drug-likeness (QED) is 0.451. The van der Waals surface area contributed by atoms with Crippen molar-refractivity contribution in [3.8, 4) is 0 Å². The van der Waals surface area contributed by atoms with Gasteiger partial charge in [0.25, 0.3) is 5.91 Å². The molecular formula is C28H33FN4O4. The van der Waals surface area contributed by atoms with Crippen molar-refractivity contribution in [2.45, 2.75) is 59.2 Å². The first-order valence-electron chi connectivity index (χ1n) is 12.5. The van der Waals surface area contributed by atoms with E-state index in [-0.39, 0.29) is 35.3 Å². The highest BCUT2D eigenvalue weighted by Gasteiger charge is 2.40. The van der Waals surface area contributed by atoms with E-state index in [1.165, 1.54) is 12.1 Å². The average molecular weight is 509 g/mol. The van der Waals surface area contributed by atoms with Crippen LogP contribution in [0.5, 0.6) is 0 Å². The molecule has 0 unspecified atom stereocenters. The number of amides is 2. The van der Waals surface area contributed by atoms with Crippen LogP contribution in [0.1, 0.15) is 56.6 Å². The van der Waals surface area contributed by atoms with Gasteiger partial charge in [-0.3, -0.25) is 19.1 Å². The topological polar surface area (TPSA) is 102 Å². The lowest BCUT2D eigenvalue weighted by Crippen LogP contribution is -2.57. The molecule has 1 heterocycles. The number of nitrogens with one attached hydrogen (secondary N) is 2. The fourth-order valence-corrected chi connectivity index (χ4v) is 4.53. The standard InChI is InChI=1S/C28H33FN4O4/c1-5-37-27(36)18-14-20(15-18)30-26(35)24(28(2,3)4)31-25(34)23-21-8-6-7-9-22(21)33(32-23)16-17-10-12-19(29)13-11-17/h6-13,18,20,24H,5,14-16H2,1-4H3,(H,30,35)(H,31,34)/t18-,20+,24-/m1/s1. The summed E-state index contributed by atoms with van der Waals surface area (Å²) < 4.78 is 20.1. The van der Waals surface area contributed by atoms with Crippen molar-refractivity contribution in [1.82, 2.24) is 20.4 Å². The molecule has 2 N–H and O–H groups in total. The van der Waals surface area contributed by atoms with Crippen LogP contribution in [0.4, 0.5) is 4.39 Å². The van der Waals surface area contributed by atoms with Crippen molar-refractivity contribution in [3.63, 3.8) is 0 Å². The van der Waals surface area contributed by atoms with E-state index in [2.05, 4.69) is 15.7 Å². The second-order valence-corrected chi connectivity index (χ2v) is 10.5. The highest BCUT2D eigenvalue weighted by atomic mass is 19.1. The van der Waals surface area contributed by atoms with Gasteiger partial charge in [0.2, 0.25) is 5.91 Å². The Kier molecular flexibility index (Phi) is 7.61. The van der Waals surface area contributed by atoms with Crippen molar-refractivity contribution < 1.29 is 23.5 Å². The molecule has 1 aliphatic carbocycles. The fourth-order valence-electron chi connectivity index (χ4n) is 4.53. The Labute approximate surface area is 215 Å². The number of aromatic nitrogens is 2. The summed E-state index contributed by atoms with van der Waals surface area (Å²) in [5.74, 6) is -1.52. The lowest BCUT2D eigenvalue weighted by Gasteiger charge is -2.37. The Hall–Kier alpha value is -3.75. The van der Waals surface area contributed by atoms with Gasteiger partial charge < -0.3 is 15.4 Å². The van der Waals surface area contributed by atoms with E-state index < -0.39 is 17.4 Å². The number of hydrogen-bond acceptors (Lipinski definition) is 5. The molecule has 0 aliphatic heterocycles. The Morgan fingerprint density at radius 2 is 1.78 bits per heavy atom. The number of carbonyl (C=O) groups excluding carboxylic acids is 3. The van der Waals surface area contributed by atoms with Crippen LogP contribution in [0.3, 0.4) is 0 Å². The summed E-state index contributed by atoms with van der Waals surface area (Å²) in [7, 11) is 0. The minimum Gasteiger partial charge on any atom is -0.466 e. The number of benzene rings is 2. The van der Waals surface area contributed by atoms with Gasteiger partial charge in [0.15, 0.2) is 5.69 Å². The maximum absolute atomic E-state index is 13.4. The Balaban J connectivity index is 1.50. The van der Waals surface area contributed by atoms with Gasteiger partial charge in [0.1, 0.15) is 11.9 Å². The number of fused-ring (bicyclic) bond motifs is 1. The van der Waals surface area contributed by atoms with E-state index in [0.717, 1.165) is 11.1 Å². The molecule has 0 radical (unpaired) electrons. The zero-order chi connectivity index (χ0) is 26.7. The first-order chi connectivity index (χ1) is 17.6. The minimum atomic E-state index is -0.817. The van der Waals surface area contributed by atoms with Crippen LogP contribution in [-0.2, 0) is 20.9 Å². The van der Waals surface area contributed by atoms with Gasteiger partial charge in [-0.1, -0.05) is 51.1 Å². The Morgan fingerprint density at radius 1 is 1.11 bits per heavy atom. The van der Waals surface area contributed by atoms with Crippen molar-refractivity contribution in [2.75, 3.05) is 6.61 Å². The molecule has 2 aromatic carbocycles. The average Bonchev–Trinajstić information content (AvgIpc) is 3.18. The molecule has 37 heavy (non-hydrogen) atoms. The SMILES string of the molecule is CCOC(=O)[C@H]1C[C@@H](NC(=O)[C@@H](NC(=O)c2nn(Cc3ccc(F)cc3)c3ccccc23)C(C)(C)C)C1. The molecule has 1 saturated carbocycles. The van der Waals surface area contributed by atoms with Crippen LogP contribution >= 0.6 is 0 Å². The Morgan fingerprint density at radius 3 is 2.43 bits per heavy atom. The molecule has 0 bridgehead atoms. The summed E-state index contributed by atoms with van der Waals surface area (Å²) in [5, 5.41) is 11.1. The smallest absolute Gasteiger partial charge is 0.309 e. The first kappa shape index (κ1) is 26.3. The van der Waals surface area contributed by atoms with E-state index in [1.54, 1.807) is 23.7 Å². The molecule has 1 atom stereocenters. The van der Waals surface area contributed by atoms with E-state index in [0.29, 0.717) is 31.4 Å². The van der Waals surface area contributed by atoms with E-state index in [1.807, 2.05) is 45.0 Å². The Bertz CT molecular complexity index is 1290. The highest BCUT2D eigenvalue weighted by molar-refractivity contribution is 6.06. The molecule has 1 aliphatic rings. The zero-order valence-electron chi connectivity index (χ0n) is 21.6. The summed E-state index contributed by atoms with van der Waals surface area (Å²) in [6.07, 6.45) is 1.04. The third-order valence-electron chi connectivity index (χ3n) is 6.63. The number of hydrogen-bond donors (Lipinski definition) is 2. The maximum Gasteiger partial charge on any atom is 0.309 e. The summed E-state index contributed by atoms with van der Waals surface area (Å²) in [6.45, 7) is 8.10. The molecule has 1 aromatic heterocycles. The van der Waals surface area contributed by atoms with Gasteiger partial charge in [-0.25, -0.2) is 4.39 Å². The zero-order valence-corrected chi connectivity index (χ0v) is 21.6. The molecule has 2 amide bonds. The molecule has 0 spiro atoms. The maximum atomic E-state index is 13.4. The van der Waals surface area contributed by atoms with Gasteiger partial charge in [-0.2, -0.15) is 5.10 Å². The number of ether oxygens (including phenoxy) is 1. The number of para-hydroxylation sites is 1. The third-order valence-corrected chi connectivity index (χ3v) is 6.63. The summed E-state index contributed by atoms with van der Waals surface area (Å²) in [4.78, 5) is 38.5. The molecule has 3 aromatic rings. The molecule has 196 valence electrons. The largest absolute Gasteiger partial charge is 0.466 e. The predicted molar refractivity (Wildman–Crippen MR) is 137 cm³/mol. The normalized spacial score (nSPS) is 18.1. The predicted octanol–water partition coefficient (Wildman–Crippen LogP) is 3.83. The minimum absolute atomic E-state index is 0.139. The van der Waals surface area contributed by atoms with Crippen LogP contribution in [0.25, 0.3) is 10.9 Å². The molecular weight excluding hydrogens is 475 g/mol. The van der Waals surface area contributed by atoms with Crippen LogP contribution in [0, 0.1) is 17.2 Å². The van der Waals surface area contributed by atoms with Crippen LogP contribution < -0.4 is 10.6 Å². The van der Waals surface area contributed by atoms with E-state index in [9.17, 15) is 18.8 Å². The number of nitrogens with zero attached hydrogens (tertiary/aromatic N) is 2. The number of carbonyl (C=O) groups is 3. The lowest BCUT2D eigenvalue weighted by molar-refractivity contribution is -0.152. The van der Waals surface area contributed by atoms with E-state index >= 15 is 0 Å². The van der Waals surface area contributed by atoms with Crippen molar-refractivity contribution >= 4 is 28.7 Å². The monoisotopic (exact) mass is 508 g/mol. The number of rotatable bonds is 8. The second-order valence-electron chi connectivity index (χ2n) is 10.5. The van der Waals surface area contributed by atoms with Crippen molar-refractivity contribution in [2.24, 2.45) is 11.3 Å². The van der Waals surface area contributed by atoms with Gasteiger partial charge in [0, 0.05) is 11.4 Å². The van der Waals surface area contributed by atoms with Crippen molar-refractivity contribution in [3.05, 3.63) is 65.6 Å². The highest BCUT2D eigenvalue weighted by Crippen LogP contribution is 2.30. The summed E-state index contributed by atoms with van der Waals surface area (Å²) >= 11 is 0.